The molecule has 1 unspecified atom stereocenters. The fourth-order valence-electron chi connectivity index (χ4n) is 5.33. The van der Waals surface area contributed by atoms with E-state index in [2.05, 4.69) is 10.6 Å². The molecule has 6 nitrogen and oxygen atoms in total. The first-order chi connectivity index (χ1) is 17.9. The summed E-state index contributed by atoms with van der Waals surface area (Å²) in [5.41, 5.74) is 11.9. The minimum absolute atomic E-state index is 0.0166. The van der Waals surface area contributed by atoms with Gasteiger partial charge in [0.1, 0.15) is 17.2 Å². The largest absolute Gasteiger partial charge is 0.337 e. The lowest BCUT2D eigenvalue weighted by molar-refractivity contribution is 0.0709. The fourth-order valence-corrected chi connectivity index (χ4v) is 5.62. The number of nitrogens with zero attached hydrogens (tertiary/aromatic N) is 4. The maximum Gasteiger partial charge on any atom is 0.254 e. The van der Waals surface area contributed by atoms with E-state index in [1.54, 1.807) is 12.1 Å². The Kier molecular flexibility index (Phi) is 5.97. The summed E-state index contributed by atoms with van der Waals surface area (Å²) < 4.78 is 17.7. The molecular weight excluding hydrogens is 489 g/mol. The fraction of sp³-hybridized carbons (Fsp3) is 0.241. The Morgan fingerprint density at radius 2 is 1.97 bits per heavy atom. The molecule has 1 amide bonds. The number of imidazole rings is 1. The topological polar surface area (TPSA) is 68.6 Å². The van der Waals surface area contributed by atoms with Crippen molar-refractivity contribution in [1.29, 1.82) is 0 Å². The number of aromatic nitrogens is 3. The number of hydrogen-bond donors (Lipinski definition) is 1. The summed E-state index contributed by atoms with van der Waals surface area (Å²) in [6, 6.07) is 18.1. The summed E-state index contributed by atoms with van der Waals surface area (Å²) >= 11 is 6.66. The average molecular weight is 516 g/mol. The van der Waals surface area contributed by atoms with Crippen LogP contribution in [0.3, 0.4) is 0 Å². The minimum Gasteiger partial charge on any atom is -0.337 e. The monoisotopic (exact) mass is 515 g/mol. The maximum absolute atomic E-state index is 13.6. The number of rotatable bonds is 4. The number of hydrogen-bond acceptors (Lipinski definition) is 3. The highest BCUT2D eigenvalue weighted by Gasteiger charge is 2.24. The van der Waals surface area contributed by atoms with Gasteiger partial charge in [-0.3, -0.25) is 4.79 Å². The van der Waals surface area contributed by atoms with Gasteiger partial charge in [0.15, 0.2) is 0 Å². The molecule has 37 heavy (non-hydrogen) atoms. The third kappa shape index (κ3) is 4.28. The summed E-state index contributed by atoms with van der Waals surface area (Å²) in [6.07, 6.45) is 3.77. The summed E-state index contributed by atoms with van der Waals surface area (Å²) in [5, 5.41) is 1.64. The van der Waals surface area contributed by atoms with E-state index in [-0.39, 0.29) is 17.8 Å². The molecule has 1 aliphatic heterocycles. The van der Waals surface area contributed by atoms with Gasteiger partial charge in [-0.15, -0.1) is 0 Å². The second-order valence-corrected chi connectivity index (χ2v) is 10.2. The van der Waals surface area contributed by atoms with E-state index in [9.17, 15) is 9.18 Å². The Labute approximate surface area is 219 Å². The van der Waals surface area contributed by atoms with Crippen molar-refractivity contribution in [2.75, 3.05) is 13.1 Å². The third-order valence-corrected chi connectivity index (χ3v) is 7.53. The standard InChI is InChI=1S/C29H27ClFN5O/c1-18-27(33-26-15-21(11-13-35(18)26)29(37)34-12-3-5-23(32)17-34)25-14-20-4-2-6-24(30)28(20)36(25)16-19-7-9-22(31)10-8-19/h2,4,6-11,13-15,23H,3,5,12,16-17,32H2,1H3. The lowest BCUT2D eigenvalue weighted by Crippen LogP contribution is -2.45. The number of aryl methyl sites for hydroxylation is 1. The molecule has 2 N–H and O–H groups in total. The number of piperidine rings is 1. The quantitative estimate of drug-likeness (QED) is 0.335. The van der Waals surface area contributed by atoms with Crippen LogP contribution in [0.1, 0.15) is 34.5 Å². The molecule has 2 aromatic carbocycles. The van der Waals surface area contributed by atoms with Gasteiger partial charge in [-0.05, 0) is 61.7 Å². The number of amides is 1. The number of pyridine rings is 1. The molecule has 1 saturated heterocycles. The predicted molar refractivity (Wildman–Crippen MR) is 144 cm³/mol. The molecule has 0 spiro atoms. The molecule has 0 bridgehead atoms. The number of fused-ring (bicyclic) bond motifs is 2. The van der Waals surface area contributed by atoms with E-state index in [1.165, 1.54) is 12.1 Å². The highest BCUT2D eigenvalue weighted by molar-refractivity contribution is 6.35. The summed E-state index contributed by atoms with van der Waals surface area (Å²) in [4.78, 5) is 20.0. The van der Waals surface area contributed by atoms with Crippen LogP contribution in [0.4, 0.5) is 4.39 Å². The van der Waals surface area contributed by atoms with Crippen molar-refractivity contribution < 1.29 is 9.18 Å². The summed E-state index contributed by atoms with van der Waals surface area (Å²) in [6.45, 7) is 3.82. The summed E-state index contributed by atoms with van der Waals surface area (Å²) in [5.74, 6) is -0.287. The first-order valence-corrected chi connectivity index (χ1v) is 12.8. The molecule has 6 rings (SSSR count). The van der Waals surface area contributed by atoms with Gasteiger partial charge in [0.2, 0.25) is 0 Å². The molecular formula is C29H27ClFN5O. The second kappa shape index (κ2) is 9.32. The van der Waals surface area contributed by atoms with E-state index in [0.29, 0.717) is 29.3 Å². The zero-order chi connectivity index (χ0) is 25.7. The van der Waals surface area contributed by atoms with Crippen LogP contribution in [-0.4, -0.2) is 43.9 Å². The molecule has 3 aromatic heterocycles. The van der Waals surface area contributed by atoms with Gasteiger partial charge in [0.25, 0.3) is 5.91 Å². The molecule has 1 aliphatic rings. The van der Waals surface area contributed by atoms with Crippen LogP contribution in [0.25, 0.3) is 27.9 Å². The molecule has 1 atom stereocenters. The highest BCUT2D eigenvalue weighted by atomic mass is 35.5. The number of benzene rings is 2. The first kappa shape index (κ1) is 23.7. The smallest absolute Gasteiger partial charge is 0.254 e. The van der Waals surface area contributed by atoms with Crippen molar-refractivity contribution in [2.24, 2.45) is 5.73 Å². The SMILES string of the molecule is Cc1c(-c2cc3cccc(Cl)c3n2Cc2ccc(F)cc2)nc2cc(C(=O)N3CCCC(N)C3)ccn12. The second-order valence-electron chi connectivity index (χ2n) is 9.76. The van der Waals surface area contributed by atoms with Gasteiger partial charge in [-0.25, -0.2) is 9.37 Å². The number of carbonyl (C=O) groups is 1. The maximum atomic E-state index is 13.6. The Hall–Kier alpha value is -3.68. The van der Waals surface area contributed by atoms with Crippen LogP contribution in [0.15, 0.2) is 66.9 Å². The minimum atomic E-state index is -0.271. The van der Waals surface area contributed by atoms with Gasteiger partial charge in [-0.2, -0.15) is 0 Å². The van der Waals surface area contributed by atoms with Crippen LogP contribution < -0.4 is 5.73 Å². The molecule has 0 radical (unpaired) electrons. The van der Waals surface area contributed by atoms with Crippen LogP contribution >= 0.6 is 11.6 Å². The van der Waals surface area contributed by atoms with Crippen molar-refractivity contribution in [1.82, 2.24) is 18.9 Å². The van der Waals surface area contributed by atoms with Crippen LogP contribution in [0.2, 0.25) is 5.02 Å². The lowest BCUT2D eigenvalue weighted by Gasteiger charge is -2.30. The van der Waals surface area contributed by atoms with Gasteiger partial charge in [0.05, 0.1) is 16.2 Å². The molecule has 0 saturated carbocycles. The van der Waals surface area contributed by atoms with Crippen LogP contribution in [-0.2, 0) is 6.54 Å². The highest BCUT2D eigenvalue weighted by Crippen LogP contribution is 2.34. The Morgan fingerprint density at radius 3 is 2.76 bits per heavy atom. The van der Waals surface area contributed by atoms with Crippen molar-refractivity contribution in [2.45, 2.75) is 32.4 Å². The number of carbonyl (C=O) groups excluding carboxylic acids is 1. The van der Waals surface area contributed by atoms with Crippen LogP contribution in [0, 0.1) is 12.7 Å². The van der Waals surface area contributed by atoms with Gasteiger partial charge >= 0.3 is 0 Å². The number of para-hydroxylation sites is 1. The molecule has 188 valence electrons. The third-order valence-electron chi connectivity index (χ3n) is 7.22. The molecule has 8 heteroatoms. The zero-order valence-electron chi connectivity index (χ0n) is 20.5. The zero-order valence-corrected chi connectivity index (χ0v) is 21.3. The summed E-state index contributed by atoms with van der Waals surface area (Å²) in [7, 11) is 0. The molecule has 4 heterocycles. The predicted octanol–water partition coefficient (Wildman–Crippen LogP) is 5.67. The Morgan fingerprint density at radius 1 is 1.16 bits per heavy atom. The Bertz CT molecular complexity index is 1640. The van der Waals surface area contributed by atoms with Crippen molar-refractivity contribution >= 4 is 34.1 Å². The number of nitrogens with two attached hydrogens (primary N) is 1. The number of halogens is 2. The first-order valence-electron chi connectivity index (χ1n) is 12.4. The van der Waals surface area contributed by atoms with E-state index in [0.717, 1.165) is 52.9 Å². The van der Waals surface area contributed by atoms with Gasteiger partial charge < -0.3 is 19.6 Å². The van der Waals surface area contributed by atoms with Crippen molar-refractivity contribution in [3.8, 4) is 11.4 Å². The van der Waals surface area contributed by atoms with Crippen LogP contribution in [0.5, 0.6) is 0 Å². The van der Waals surface area contributed by atoms with E-state index in [1.807, 2.05) is 52.8 Å². The molecule has 5 aromatic rings. The van der Waals surface area contributed by atoms with Gasteiger partial charge in [-0.1, -0.05) is 35.9 Å². The van der Waals surface area contributed by atoms with Gasteiger partial charge in [0, 0.05) is 48.5 Å². The van der Waals surface area contributed by atoms with Crippen molar-refractivity contribution in [3.05, 3.63) is 94.5 Å². The molecule has 1 fully saturated rings. The van der Waals surface area contributed by atoms with Crippen molar-refractivity contribution in [3.63, 3.8) is 0 Å². The molecule has 0 aliphatic carbocycles. The average Bonchev–Trinajstić information content (AvgIpc) is 3.42. The normalized spacial score (nSPS) is 16.1. The lowest BCUT2D eigenvalue weighted by atomic mass is 10.1. The number of likely N-dealkylation sites (tertiary alicyclic amines) is 1. The van der Waals surface area contributed by atoms with E-state index >= 15 is 0 Å². The van der Waals surface area contributed by atoms with E-state index < -0.39 is 0 Å². The Balaban J connectivity index is 1.45. The van der Waals surface area contributed by atoms with E-state index in [4.69, 9.17) is 22.3 Å².